The fourth-order valence-electron chi connectivity index (χ4n) is 12.0. The van der Waals surface area contributed by atoms with Gasteiger partial charge in [-0.05, 0) is 115 Å². The van der Waals surface area contributed by atoms with Crippen LogP contribution in [0.2, 0.25) is 40.2 Å². The number of nitrogens with one attached hydrogen (secondary N) is 12. The van der Waals surface area contributed by atoms with Gasteiger partial charge in [-0.2, -0.15) is 0 Å². The lowest BCUT2D eigenvalue weighted by Crippen LogP contribution is -2.42. The first-order chi connectivity index (χ1) is 62.1. The van der Waals surface area contributed by atoms with E-state index in [0.717, 1.165) is 12.3 Å². The zero-order valence-electron chi connectivity index (χ0n) is 70.8. The van der Waals surface area contributed by atoms with Crippen molar-refractivity contribution in [3.05, 3.63) is 215 Å². The minimum atomic E-state index is -1.24. The number of phenols is 4. The Bertz CT molecular complexity index is 5640. The van der Waals surface area contributed by atoms with Crippen LogP contribution in [0.1, 0.15) is 157 Å². The number of hydrogen-bond donors (Lipinski definition) is 20. The number of aliphatic imine (C=N–C) groups is 2. The summed E-state index contributed by atoms with van der Waals surface area (Å²) in [7, 11) is 0. The van der Waals surface area contributed by atoms with Crippen molar-refractivity contribution in [1.29, 1.82) is 0 Å². The summed E-state index contributed by atoms with van der Waals surface area (Å²) in [5, 5.41) is 113. The lowest BCUT2D eigenvalue weighted by molar-refractivity contribution is -0.385. The third-order valence-electron chi connectivity index (χ3n) is 18.6. The van der Waals surface area contributed by atoms with Crippen molar-refractivity contribution in [3.63, 3.8) is 0 Å². The molecule has 21 N–H and O–H groups in total. The fourth-order valence-corrected chi connectivity index (χ4v) is 14.0. The van der Waals surface area contributed by atoms with E-state index in [-0.39, 0.29) is 170 Å². The van der Waals surface area contributed by atoms with E-state index in [1.165, 1.54) is 107 Å². The maximum absolute atomic E-state index is 12.7. The predicted octanol–water partition coefficient (Wildman–Crippen LogP) is 8.33. The van der Waals surface area contributed by atoms with Crippen LogP contribution < -0.4 is 69.5 Å². The number of carboxylic acids is 1. The first-order valence-corrected chi connectivity index (χ1v) is 42.1. The Morgan fingerprint density at radius 1 is 0.424 bits per heavy atom. The van der Waals surface area contributed by atoms with Crippen LogP contribution in [0.4, 0.5) is 22.7 Å². The Hall–Kier alpha value is -13.1. The number of aliphatic carboxylic acids is 1. The number of benzene rings is 4. The summed E-state index contributed by atoms with van der Waals surface area (Å²) >= 11 is 47.6. The number of carboxylic acid groups (broad SMARTS) is 1. The summed E-state index contributed by atoms with van der Waals surface area (Å²) < 4.78 is 0. The number of phenolic OH excluding ortho intramolecular Hbond substituents is 4. The molecule has 8 amide bonds. The highest BCUT2D eigenvalue weighted by Gasteiger charge is 2.30. The van der Waals surface area contributed by atoms with E-state index in [2.05, 4.69) is 93.7 Å². The first-order valence-electron chi connectivity index (χ1n) is 39.1. The number of nitro groups is 1. The van der Waals surface area contributed by atoms with Crippen LogP contribution in [0, 0.1) is 37.8 Å². The smallest absolute Gasteiger partial charge is 0.305 e. The van der Waals surface area contributed by atoms with Crippen molar-refractivity contribution < 1.29 is 98.2 Å². The number of aliphatic hydroxyl groups is 2. The molecule has 2 aliphatic heterocycles. The predicted molar refractivity (Wildman–Crippen MR) is 490 cm³/mol. The molecule has 0 saturated heterocycles. The summed E-state index contributed by atoms with van der Waals surface area (Å²) in [5.41, 5.74) is 9.78. The number of amides is 8. The van der Waals surface area contributed by atoms with E-state index >= 15 is 0 Å². The monoisotopic (exact) mass is 1980 g/mol. The Morgan fingerprint density at radius 3 is 0.962 bits per heavy atom. The number of rotatable bonds is 31. The molecule has 4 aromatic heterocycles. The number of aryl methyl sites for hydroxylation is 4. The van der Waals surface area contributed by atoms with Crippen molar-refractivity contribution in [2.45, 2.75) is 111 Å². The van der Waals surface area contributed by atoms with Gasteiger partial charge in [0.1, 0.15) is 46.0 Å². The number of hydrogen-bond acceptors (Lipinski definition) is 31. The molecule has 0 bridgehead atoms. The molecule has 6 heterocycles. The van der Waals surface area contributed by atoms with Gasteiger partial charge in [-0.3, -0.25) is 97.6 Å². The number of carbonyl (C=O) groups excluding carboxylic acids is 11. The van der Waals surface area contributed by atoms with Crippen LogP contribution in [-0.2, 0) is 38.4 Å². The maximum atomic E-state index is 12.7. The van der Waals surface area contributed by atoms with Crippen LogP contribution in [0.15, 0.2) is 108 Å². The zero-order valence-corrected chi connectivity index (χ0v) is 76.8. The van der Waals surface area contributed by atoms with Crippen molar-refractivity contribution in [2.24, 2.45) is 9.98 Å². The number of nitrogens with zero attached hydrogens (tertiary/aromatic N) is 7. The molecule has 4 aromatic carbocycles. The minimum Gasteiger partial charge on any atom is -0.506 e. The van der Waals surface area contributed by atoms with Gasteiger partial charge in [-0.15, -0.1) is 0 Å². The molecular weight excluding hydrogens is 1900 g/mol. The van der Waals surface area contributed by atoms with Crippen molar-refractivity contribution in [3.8, 4) is 23.0 Å². The molecule has 2 aliphatic rings. The standard InChI is InChI=1S/C23H26Cl2N6O5.C22H24Cl2N6O6.C19H18Cl2N4O6.C19H20Cl2N4O4/c1-11(32)3-19(16-5-14(24)6-17(25)21(16)35)30-20(34)10-27-22(36)13-4-18(12(2)26-7-13)31-23-28-8-15(33)9-29-23;1-10-16(30-22-27-7-13(31)8-28-22)2-11(6-25-10)21(36)26-9-18(32)29-17(5-19(33)34)14-3-12(23)4-15(24)20(14)35;1-9(26)3-15(13-5-12(20)6-14(21)18(13)28)24-17(27)8-23-19(29)11-4-16(25(30)31)10(2)22-7-11;1-9(26)3-16(13-5-12(20)6-14(21)18(13)28)25-17(27)8-24-19(29)11-4-15(22)10(2)23-7-11/h4-7,15,19,33,35H,3,8-10H2,1-2H3,(H,27,36)(H,30,34)(H2,28,29,31);2-4,6,13,17,31,35H,5,7-9H2,1H3,(H,26,36)(H,29,32)(H,33,34)(H2,27,28,30);4-7,15,28H,3,8H2,1-2H3,(H,23,29)(H,24,27);4-7,16,28H,3,8,22H2,1-2H3,(H,24,29)(H,25,27)/t19-;17-;15-;16-/m0000/s1. The molecule has 41 nitrogen and oxygen atoms in total. The van der Waals surface area contributed by atoms with Gasteiger partial charge in [0.25, 0.3) is 29.3 Å². The molecule has 8 aromatic rings. The van der Waals surface area contributed by atoms with Gasteiger partial charge in [-0.25, -0.2) is 0 Å². The number of aliphatic hydroxyl groups excluding tert-OH is 2. The molecule has 702 valence electrons. The van der Waals surface area contributed by atoms with Crippen LogP contribution in [0.3, 0.4) is 0 Å². The number of nitrogen functional groups attached to an aromatic ring is 1. The number of nitrogens with two attached hydrogens (primary N) is 1. The molecule has 0 fully saturated rings. The summed E-state index contributed by atoms with van der Waals surface area (Å²) in [6, 6.07) is 12.5. The quantitative estimate of drug-likeness (QED) is 0.0143. The van der Waals surface area contributed by atoms with Gasteiger partial charge >= 0.3 is 5.97 Å². The molecule has 132 heavy (non-hydrogen) atoms. The van der Waals surface area contributed by atoms with E-state index in [1.807, 2.05) is 0 Å². The van der Waals surface area contributed by atoms with Gasteiger partial charge in [0.15, 0.2) is 11.9 Å². The number of Topliss-reactive ketones (excluding diaryl/α,β-unsaturated/α-hetero) is 3. The largest absolute Gasteiger partial charge is 0.506 e. The number of pyridine rings is 4. The van der Waals surface area contributed by atoms with Gasteiger partial charge in [0, 0.05) is 106 Å². The Kier molecular flexibility index (Phi) is 40.0. The normalized spacial score (nSPS) is 13.9. The SMILES string of the molecule is CC(=O)C[C@H](NC(=O)CNC(=O)c1cnc(C)c(N)c1)c1cc(Cl)cc(Cl)c1O.CC(=O)C[C@H](NC(=O)CNC(=O)c1cnc(C)c(NC2=NCC(O)CN2)c1)c1cc(Cl)cc(Cl)c1O.CC(=O)C[C@H](NC(=O)CNC(=O)c1cnc(C)c([N+](=O)[O-])c1)c1cc(Cl)cc(Cl)c1O.Cc1ncc(C(=O)NCC(=O)N[C@@H](CC(=O)O)c2cc(Cl)cc(Cl)c2O)cc1NC1=NCC(O)CN1. The molecular formula is C83H88Cl8N20O21. The van der Waals surface area contributed by atoms with E-state index in [4.69, 9.17) is 98.5 Å². The number of β-amino-alcohol motifs (C(OH)–C–C–N with tert-alkyl or cyclic N) is 2. The number of ketones is 3. The number of anilines is 3. The Labute approximate surface area is 791 Å². The van der Waals surface area contributed by atoms with Crippen LogP contribution >= 0.6 is 92.8 Å². The van der Waals surface area contributed by atoms with E-state index in [0.29, 0.717) is 59.2 Å². The second-order valence-electron chi connectivity index (χ2n) is 29.2. The van der Waals surface area contributed by atoms with Crippen molar-refractivity contribution in [1.82, 2.24) is 73.1 Å². The maximum Gasteiger partial charge on any atom is 0.305 e. The number of aromatic nitrogens is 4. The lowest BCUT2D eigenvalue weighted by atomic mass is 10.0. The second kappa shape index (κ2) is 49.8. The number of carbonyl (C=O) groups is 12. The highest BCUT2D eigenvalue weighted by atomic mass is 35.5. The van der Waals surface area contributed by atoms with Gasteiger partial charge in [0.2, 0.25) is 23.6 Å². The highest BCUT2D eigenvalue weighted by molar-refractivity contribution is 6.37. The van der Waals surface area contributed by atoms with Crippen LogP contribution in [0.25, 0.3) is 0 Å². The summed E-state index contributed by atoms with van der Waals surface area (Å²) in [4.78, 5) is 181. The summed E-state index contributed by atoms with van der Waals surface area (Å²) in [5.74, 6) is -7.41. The fraction of sp³-hybridized carbons (Fsp3) is 0.301. The van der Waals surface area contributed by atoms with Gasteiger partial charge < -0.3 is 105 Å². The third-order valence-corrected chi connectivity index (χ3v) is 20.6. The minimum absolute atomic E-state index is 0.00642. The van der Waals surface area contributed by atoms with Crippen molar-refractivity contribution >= 4 is 198 Å². The van der Waals surface area contributed by atoms with Crippen molar-refractivity contribution in [2.75, 3.05) is 68.7 Å². The molecule has 0 spiro atoms. The van der Waals surface area contributed by atoms with E-state index < -0.39 is 126 Å². The average molecular weight is 1990 g/mol. The van der Waals surface area contributed by atoms with Crippen LogP contribution in [-0.4, -0.2) is 208 Å². The first kappa shape index (κ1) is 106. The Balaban J connectivity index is 0.000000241. The molecule has 49 heteroatoms. The number of guanidine groups is 2. The van der Waals surface area contributed by atoms with E-state index in [1.54, 1.807) is 26.8 Å². The molecule has 2 unspecified atom stereocenters. The summed E-state index contributed by atoms with van der Waals surface area (Å²) in [6.45, 7) is 10.0. The number of halogens is 8. The molecule has 0 aliphatic carbocycles. The highest BCUT2D eigenvalue weighted by Crippen LogP contribution is 2.41. The molecule has 0 saturated carbocycles. The zero-order chi connectivity index (χ0) is 97.8. The lowest BCUT2D eigenvalue weighted by Gasteiger charge is -2.21. The molecule has 6 atom stereocenters. The Morgan fingerprint density at radius 2 is 0.697 bits per heavy atom. The van der Waals surface area contributed by atoms with Gasteiger partial charge in [-0.1, -0.05) is 92.8 Å². The molecule has 10 rings (SSSR count). The molecule has 0 radical (unpaired) electrons. The average Bonchev–Trinajstić information content (AvgIpc) is 0.827. The second-order valence-corrected chi connectivity index (χ2v) is 32.6. The van der Waals surface area contributed by atoms with Crippen LogP contribution in [0.5, 0.6) is 23.0 Å². The number of aromatic hydroxyl groups is 4. The third kappa shape index (κ3) is 32.8. The van der Waals surface area contributed by atoms with Gasteiger partial charge in [0.05, 0.1) is 163 Å². The topological polar surface area (TPSA) is 636 Å². The van der Waals surface area contributed by atoms with E-state index in [9.17, 15) is 103 Å². The summed E-state index contributed by atoms with van der Waals surface area (Å²) in [6.07, 6.45) is 3.15.